The van der Waals surface area contributed by atoms with Crippen LogP contribution in [0.25, 0.3) is 0 Å². The van der Waals surface area contributed by atoms with Gasteiger partial charge in [0.2, 0.25) is 0 Å². The van der Waals surface area contributed by atoms with Gasteiger partial charge in [0, 0.05) is 0 Å². The molecule has 4 aliphatic carbocycles. The van der Waals surface area contributed by atoms with Crippen LogP contribution in [0, 0.1) is 46.3 Å². The fraction of sp³-hybridized carbons (Fsp3) is 0.961. The topological polar surface area (TPSA) is 337 Å². The van der Waals surface area contributed by atoms with Gasteiger partial charge in [-0.1, -0.05) is 65.5 Å². The molecule has 21 nitrogen and oxygen atoms in total. The maximum atomic E-state index is 11.5. The van der Waals surface area contributed by atoms with Crippen LogP contribution in [0.4, 0.5) is 0 Å². The Bertz CT molecular complexity index is 1770. The fourth-order valence-electron chi connectivity index (χ4n) is 14.5. The third kappa shape index (κ3) is 11.0. The van der Waals surface area contributed by atoms with Crippen LogP contribution >= 0.6 is 0 Å². The second-order valence-electron chi connectivity index (χ2n) is 23.5. The third-order valence-corrected chi connectivity index (χ3v) is 18.8. The largest absolute Gasteiger partial charge is 0.394 e. The average Bonchev–Trinajstić information content (AvgIpc) is 3.72. The molecule has 8 aliphatic rings. The van der Waals surface area contributed by atoms with Gasteiger partial charge in [-0.25, -0.2) is 0 Å². The van der Waals surface area contributed by atoms with E-state index in [4.69, 9.17) is 37.9 Å². The molecule has 0 radical (unpaired) electrons. The molecule has 0 bridgehead atoms. The number of fused-ring (bicyclic) bond motifs is 5. The summed E-state index contributed by atoms with van der Waals surface area (Å²) in [6, 6.07) is 0. The minimum atomic E-state index is -1.93. The van der Waals surface area contributed by atoms with Gasteiger partial charge in [-0.2, -0.15) is 0 Å². The summed E-state index contributed by atoms with van der Waals surface area (Å²) in [5.41, 5.74) is 1.78. The predicted octanol–water partition coefficient (Wildman–Crippen LogP) is -1.31. The van der Waals surface area contributed by atoms with E-state index < -0.39 is 149 Å². The highest BCUT2D eigenvalue weighted by Crippen LogP contribution is 2.67. The molecule has 7 fully saturated rings. The van der Waals surface area contributed by atoms with Gasteiger partial charge < -0.3 is 104 Å². The molecule has 0 aromatic carbocycles. The van der Waals surface area contributed by atoms with Gasteiger partial charge in [-0.05, 0) is 97.7 Å². The molecule has 0 spiro atoms. The Morgan fingerprint density at radius 2 is 1.08 bits per heavy atom. The zero-order valence-electron chi connectivity index (χ0n) is 42.4. The Hall–Kier alpha value is -1.10. The van der Waals surface area contributed by atoms with Crippen LogP contribution in [0.3, 0.4) is 0 Å². The highest BCUT2D eigenvalue weighted by Gasteiger charge is 2.60. The first-order chi connectivity index (χ1) is 34.2. The molecule has 0 aromatic rings. The van der Waals surface area contributed by atoms with E-state index in [0.29, 0.717) is 30.1 Å². The van der Waals surface area contributed by atoms with Crippen molar-refractivity contribution in [2.24, 2.45) is 46.3 Å². The number of aliphatic hydroxyl groups excluding tert-OH is 13. The summed E-state index contributed by atoms with van der Waals surface area (Å²) < 4.78 is 46.4. The van der Waals surface area contributed by atoms with E-state index in [9.17, 15) is 66.4 Å². The first-order valence-electron chi connectivity index (χ1n) is 26.7. The van der Waals surface area contributed by atoms with Crippen molar-refractivity contribution in [3.63, 3.8) is 0 Å². The lowest BCUT2D eigenvalue weighted by Crippen LogP contribution is -2.66. The highest BCUT2D eigenvalue weighted by molar-refractivity contribution is 5.25. The van der Waals surface area contributed by atoms with Crippen LogP contribution in [0.5, 0.6) is 0 Å². The minimum absolute atomic E-state index is 0.0373. The molecule has 0 amide bonds. The summed E-state index contributed by atoms with van der Waals surface area (Å²) in [4.78, 5) is 0. The Morgan fingerprint density at radius 1 is 0.556 bits per heavy atom. The Kier molecular flexibility index (Phi) is 18.6. The van der Waals surface area contributed by atoms with Crippen LogP contribution < -0.4 is 0 Å². The summed E-state index contributed by atoms with van der Waals surface area (Å²) in [7, 11) is 0. The Labute approximate surface area is 421 Å². The summed E-state index contributed by atoms with van der Waals surface area (Å²) in [5.74, 6) is 4.22. The van der Waals surface area contributed by atoms with E-state index in [1.54, 1.807) is 0 Å². The van der Waals surface area contributed by atoms with Crippen molar-refractivity contribution in [3.05, 3.63) is 11.6 Å². The molecule has 0 aromatic heterocycles. The van der Waals surface area contributed by atoms with Gasteiger partial charge in [0.15, 0.2) is 25.2 Å². The smallest absolute Gasteiger partial charge is 0.187 e. The maximum Gasteiger partial charge on any atom is 0.187 e. The second kappa shape index (κ2) is 23.5. The molecule has 416 valence electrons. The lowest BCUT2D eigenvalue weighted by molar-refractivity contribution is -0.374. The highest BCUT2D eigenvalue weighted by atomic mass is 16.8. The second-order valence-corrected chi connectivity index (χ2v) is 23.5. The van der Waals surface area contributed by atoms with Crippen molar-refractivity contribution in [1.29, 1.82) is 0 Å². The predicted molar refractivity (Wildman–Crippen MR) is 250 cm³/mol. The summed E-state index contributed by atoms with van der Waals surface area (Å²) >= 11 is 0. The summed E-state index contributed by atoms with van der Waals surface area (Å²) in [6.45, 7) is 9.12. The average molecular weight is 1040 g/mol. The zero-order valence-corrected chi connectivity index (χ0v) is 42.4. The van der Waals surface area contributed by atoms with Gasteiger partial charge in [0.25, 0.3) is 0 Å². The SMILES string of the molecule is CC(C)CCC[C@@H](C)[C@H]1CC[C@H]2[C@@H]3CC=C4C[C@@H](O[C@H]5O[C@H](CO)[C@@H](O[C@H]6O[C@H](CO[C@@H]7O[C@H](CO)[C@@H](O[C@H]8O[C@H](CO)[C@@H](O)[C@H](O)[C@H]8O)[C@H](O)[C@H]7O)[C@@H](O)[C@H](O)[C@H]6O)[C@H](O)[C@H]5O)CC[C@]4(C)[C@H]3CCC12C. The number of hydrogen-bond donors (Lipinski definition) is 13. The maximum absolute atomic E-state index is 11.5. The molecular weight excluding hydrogens is 949 g/mol. The van der Waals surface area contributed by atoms with Crippen LogP contribution in [0.1, 0.15) is 105 Å². The standard InChI is InChI=1S/C51H86O21/c1-22(2)7-6-8-23(3)27-11-12-28-26-10-9-24-17-25(13-15-50(24,4)29(26)14-16-51(27,28)5)66-47-43(64)39(60)45(32(20-54)69-47)72-49-41(62)37(58)35(56)33(70-49)21-65-46-42(63)38(59)44(31(19-53)68-46)71-48-40(61)36(57)34(55)30(18-52)67-48/h9,22-23,25-49,52-64H,6-8,10-21H2,1-5H3/t23-,25+,26+,27-,28+,29+,30-,31-,32-,33-,34-,35-,36+,37+,38-,39-,40-,41-,42-,43-,44-,45-,46-,47+,48-,49-,50+,51?/m1/s1. The van der Waals surface area contributed by atoms with E-state index >= 15 is 0 Å². The number of aliphatic hydroxyl groups is 13. The van der Waals surface area contributed by atoms with Gasteiger partial charge >= 0.3 is 0 Å². The number of allylic oxidation sites excluding steroid dienone is 1. The van der Waals surface area contributed by atoms with Gasteiger partial charge in [0.1, 0.15) is 97.7 Å². The lowest BCUT2D eigenvalue weighted by atomic mass is 9.47. The first-order valence-corrected chi connectivity index (χ1v) is 26.7. The molecule has 21 heteroatoms. The molecule has 28 atom stereocenters. The normalized spacial score (nSPS) is 51.3. The third-order valence-electron chi connectivity index (χ3n) is 18.8. The number of rotatable bonds is 17. The molecule has 13 N–H and O–H groups in total. The molecule has 4 heterocycles. The Morgan fingerprint density at radius 3 is 1.68 bits per heavy atom. The molecule has 4 aliphatic heterocycles. The van der Waals surface area contributed by atoms with E-state index in [1.165, 1.54) is 50.5 Å². The molecule has 72 heavy (non-hydrogen) atoms. The van der Waals surface area contributed by atoms with Crippen LogP contribution in [0.2, 0.25) is 0 Å². The van der Waals surface area contributed by atoms with Crippen LogP contribution in [-0.2, 0) is 37.9 Å². The number of hydrogen-bond acceptors (Lipinski definition) is 21. The van der Waals surface area contributed by atoms with Crippen LogP contribution in [0.15, 0.2) is 11.6 Å². The summed E-state index contributed by atoms with van der Waals surface area (Å²) in [5, 5.41) is 139. The molecule has 4 saturated heterocycles. The lowest BCUT2D eigenvalue weighted by Gasteiger charge is -2.58. The van der Waals surface area contributed by atoms with Crippen molar-refractivity contribution >= 4 is 0 Å². The first kappa shape index (κ1) is 57.1. The van der Waals surface area contributed by atoms with Crippen molar-refractivity contribution in [2.75, 3.05) is 26.4 Å². The molecule has 8 rings (SSSR count). The molecule has 3 saturated carbocycles. The minimum Gasteiger partial charge on any atom is -0.394 e. The van der Waals surface area contributed by atoms with Gasteiger partial charge in [-0.15, -0.1) is 0 Å². The van der Waals surface area contributed by atoms with E-state index in [2.05, 4.69) is 40.7 Å². The number of ether oxygens (including phenoxy) is 8. The quantitative estimate of drug-likeness (QED) is 0.0752. The summed E-state index contributed by atoms with van der Waals surface area (Å²) in [6.07, 6.45) is -19.3. The molecule has 1 unspecified atom stereocenters. The van der Waals surface area contributed by atoms with Crippen molar-refractivity contribution in [2.45, 2.75) is 234 Å². The van der Waals surface area contributed by atoms with Gasteiger partial charge in [0.05, 0.1) is 32.5 Å². The van der Waals surface area contributed by atoms with Gasteiger partial charge in [-0.3, -0.25) is 0 Å². The van der Waals surface area contributed by atoms with E-state index in [-0.39, 0.29) is 11.5 Å². The zero-order chi connectivity index (χ0) is 52.1. The van der Waals surface area contributed by atoms with Crippen LogP contribution in [-0.4, -0.2) is 222 Å². The van der Waals surface area contributed by atoms with E-state index in [0.717, 1.165) is 36.5 Å². The fourth-order valence-corrected chi connectivity index (χ4v) is 14.5. The monoisotopic (exact) mass is 1030 g/mol. The van der Waals surface area contributed by atoms with Crippen molar-refractivity contribution in [3.8, 4) is 0 Å². The van der Waals surface area contributed by atoms with Crippen molar-refractivity contribution in [1.82, 2.24) is 0 Å². The van der Waals surface area contributed by atoms with Crippen molar-refractivity contribution < 1.29 is 104 Å². The molecular formula is C51H86O21. The van der Waals surface area contributed by atoms with E-state index in [1.807, 2.05) is 0 Å². The Balaban J connectivity index is 0.848.